The molecule has 2 nitrogen and oxygen atoms in total. The Kier molecular flexibility index (Phi) is 2.84. The number of halogens is 2. The summed E-state index contributed by atoms with van der Waals surface area (Å²) in [5.74, 6) is 0.145. The van der Waals surface area contributed by atoms with Crippen molar-refractivity contribution in [3.63, 3.8) is 0 Å². The van der Waals surface area contributed by atoms with Gasteiger partial charge in [0.1, 0.15) is 11.9 Å². The summed E-state index contributed by atoms with van der Waals surface area (Å²) in [6.45, 7) is 0.594. The number of hydrogen-bond donors (Lipinski definition) is 1. The molecule has 1 aliphatic rings. The number of fused-ring (bicyclic) bond motifs is 1. The molecule has 0 fully saturated rings. The van der Waals surface area contributed by atoms with Gasteiger partial charge in [0.2, 0.25) is 0 Å². The number of anilines is 1. The van der Waals surface area contributed by atoms with Crippen molar-refractivity contribution < 1.29 is 9.13 Å². The molecule has 2 aromatic carbocycles. The zero-order valence-corrected chi connectivity index (χ0v) is 10.2. The van der Waals surface area contributed by atoms with E-state index in [0.717, 1.165) is 5.56 Å². The van der Waals surface area contributed by atoms with Gasteiger partial charge >= 0.3 is 0 Å². The highest BCUT2D eigenvalue weighted by Gasteiger charge is 2.23. The van der Waals surface area contributed by atoms with Gasteiger partial charge in [0, 0.05) is 6.07 Å². The average molecular weight is 264 g/mol. The van der Waals surface area contributed by atoms with Crippen molar-refractivity contribution in [3.05, 3.63) is 58.9 Å². The Balaban J connectivity index is 1.94. The molecule has 3 rings (SSSR count). The van der Waals surface area contributed by atoms with Crippen LogP contribution in [-0.4, -0.2) is 6.54 Å². The number of nitrogens with one attached hydrogen (secondary N) is 1. The van der Waals surface area contributed by atoms with E-state index in [2.05, 4.69) is 5.32 Å². The summed E-state index contributed by atoms with van der Waals surface area (Å²) >= 11 is 6.00. The van der Waals surface area contributed by atoms with Crippen LogP contribution in [0.25, 0.3) is 0 Å². The summed E-state index contributed by atoms with van der Waals surface area (Å²) in [6.07, 6.45) is -0.110. The van der Waals surface area contributed by atoms with Gasteiger partial charge in [-0.1, -0.05) is 41.9 Å². The summed E-state index contributed by atoms with van der Waals surface area (Å²) in [5, 5.41) is 3.43. The first-order valence-corrected chi connectivity index (χ1v) is 6.06. The van der Waals surface area contributed by atoms with Crippen molar-refractivity contribution in [2.24, 2.45) is 0 Å². The van der Waals surface area contributed by atoms with Crippen molar-refractivity contribution in [1.82, 2.24) is 0 Å². The maximum Gasteiger partial charge on any atom is 0.162 e. The lowest BCUT2D eigenvalue weighted by Gasteiger charge is -2.28. The van der Waals surface area contributed by atoms with E-state index in [-0.39, 0.29) is 16.9 Å². The monoisotopic (exact) mass is 263 g/mol. The fourth-order valence-corrected chi connectivity index (χ4v) is 2.30. The van der Waals surface area contributed by atoms with E-state index in [1.54, 1.807) is 0 Å². The highest BCUT2D eigenvalue weighted by Crippen LogP contribution is 2.40. The Morgan fingerprint density at radius 3 is 2.78 bits per heavy atom. The van der Waals surface area contributed by atoms with E-state index < -0.39 is 0 Å². The first-order chi connectivity index (χ1) is 8.74. The Bertz CT molecular complexity index is 574. The molecule has 4 heteroatoms. The van der Waals surface area contributed by atoms with Gasteiger partial charge < -0.3 is 10.1 Å². The molecule has 92 valence electrons. The standard InChI is InChI=1S/C14H11ClFNO/c15-11-6-10(16)7-12-14(11)18-13(8-17-12)9-4-2-1-3-5-9/h1-7,13,17H,8H2. The molecular weight excluding hydrogens is 253 g/mol. The Hall–Kier alpha value is -1.74. The van der Waals surface area contributed by atoms with E-state index in [0.29, 0.717) is 18.0 Å². The van der Waals surface area contributed by atoms with Crippen LogP contribution in [0.15, 0.2) is 42.5 Å². The van der Waals surface area contributed by atoms with Gasteiger partial charge in [0.25, 0.3) is 0 Å². The number of ether oxygens (including phenoxy) is 1. The largest absolute Gasteiger partial charge is 0.480 e. The molecule has 0 bridgehead atoms. The highest BCUT2D eigenvalue weighted by molar-refractivity contribution is 6.32. The Morgan fingerprint density at radius 1 is 1.22 bits per heavy atom. The van der Waals surface area contributed by atoms with Gasteiger partial charge in [0.15, 0.2) is 5.75 Å². The van der Waals surface area contributed by atoms with E-state index >= 15 is 0 Å². The first kappa shape index (κ1) is 11.4. The Labute approximate surface area is 109 Å². The fourth-order valence-electron chi connectivity index (χ4n) is 2.05. The molecule has 18 heavy (non-hydrogen) atoms. The predicted molar refractivity (Wildman–Crippen MR) is 69.7 cm³/mol. The predicted octanol–water partition coefficient (Wildman–Crippen LogP) is 4.02. The lowest BCUT2D eigenvalue weighted by Crippen LogP contribution is -2.23. The molecule has 1 atom stereocenters. The molecule has 1 aliphatic heterocycles. The van der Waals surface area contributed by atoms with Gasteiger partial charge in [-0.05, 0) is 11.6 Å². The second-order valence-electron chi connectivity index (χ2n) is 4.16. The van der Waals surface area contributed by atoms with Gasteiger partial charge in [-0.2, -0.15) is 0 Å². The van der Waals surface area contributed by atoms with Crippen molar-refractivity contribution in [2.45, 2.75) is 6.10 Å². The molecule has 1 unspecified atom stereocenters. The summed E-state index contributed by atoms with van der Waals surface area (Å²) in [7, 11) is 0. The molecule has 0 saturated heterocycles. The zero-order chi connectivity index (χ0) is 12.5. The van der Waals surface area contributed by atoms with Crippen molar-refractivity contribution in [2.75, 3.05) is 11.9 Å². The molecule has 1 heterocycles. The number of benzene rings is 2. The molecule has 0 saturated carbocycles. The molecule has 0 radical (unpaired) electrons. The van der Waals surface area contributed by atoms with Crippen LogP contribution >= 0.6 is 11.6 Å². The second kappa shape index (κ2) is 4.50. The van der Waals surface area contributed by atoms with E-state index in [9.17, 15) is 4.39 Å². The minimum absolute atomic E-state index is 0.110. The molecular formula is C14H11ClFNO. The van der Waals surface area contributed by atoms with Crippen LogP contribution in [0.5, 0.6) is 5.75 Å². The maximum atomic E-state index is 13.2. The summed E-state index contributed by atoms with van der Waals surface area (Å²) in [5.41, 5.74) is 1.67. The van der Waals surface area contributed by atoms with Gasteiger partial charge in [-0.3, -0.25) is 0 Å². The van der Waals surface area contributed by atoms with Crippen LogP contribution in [0, 0.1) is 5.82 Å². The first-order valence-electron chi connectivity index (χ1n) is 5.68. The topological polar surface area (TPSA) is 21.3 Å². The lowest BCUT2D eigenvalue weighted by molar-refractivity contribution is 0.210. The lowest BCUT2D eigenvalue weighted by atomic mass is 10.1. The quantitative estimate of drug-likeness (QED) is 0.839. The van der Waals surface area contributed by atoms with Crippen LogP contribution in [0.2, 0.25) is 5.02 Å². The second-order valence-corrected chi connectivity index (χ2v) is 4.57. The van der Waals surface area contributed by atoms with E-state index in [4.69, 9.17) is 16.3 Å². The normalized spacial score (nSPS) is 17.6. The number of hydrogen-bond acceptors (Lipinski definition) is 2. The van der Waals surface area contributed by atoms with Crippen molar-refractivity contribution in [1.29, 1.82) is 0 Å². The van der Waals surface area contributed by atoms with Gasteiger partial charge in [-0.25, -0.2) is 4.39 Å². The van der Waals surface area contributed by atoms with Crippen molar-refractivity contribution in [3.8, 4) is 5.75 Å². The summed E-state index contributed by atoms with van der Waals surface area (Å²) < 4.78 is 19.0. The van der Waals surface area contributed by atoms with Crippen LogP contribution in [0.3, 0.4) is 0 Å². The number of rotatable bonds is 1. The SMILES string of the molecule is Fc1cc(Cl)c2c(c1)NCC(c1ccccc1)O2. The average Bonchev–Trinajstić information content (AvgIpc) is 2.39. The molecule has 2 aromatic rings. The molecule has 0 aromatic heterocycles. The van der Waals surface area contributed by atoms with Crippen LogP contribution in [0.1, 0.15) is 11.7 Å². The molecule has 0 aliphatic carbocycles. The zero-order valence-electron chi connectivity index (χ0n) is 9.49. The summed E-state index contributed by atoms with van der Waals surface area (Å²) in [4.78, 5) is 0. The smallest absolute Gasteiger partial charge is 0.162 e. The third-order valence-electron chi connectivity index (χ3n) is 2.92. The third-order valence-corrected chi connectivity index (χ3v) is 3.20. The van der Waals surface area contributed by atoms with Crippen molar-refractivity contribution >= 4 is 17.3 Å². The maximum absolute atomic E-state index is 13.2. The van der Waals surface area contributed by atoms with Gasteiger partial charge in [0.05, 0.1) is 17.3 Å². The van der Waals surface area contributed by atoms with Crippen LogP contribution in [-0.2, 0) is 0 Å². The van der Waals surface area contributed by atoms with Crippen LogP contribution in [0.4, 0.5) is 10.1 Å². The molecule has 0 spiro atoms. The Morgan fingerprint density at radius 2 is 2.00 bits per heavy atom. The minimum atomic E-state index is -0.368. The van der Waals surface area contributed by atoms with Crippen LogP contribution < -0.4 is 10.1 Å². The third kappa shape index (κ3) is 2.02. The van der Waals surface area contributed by atoms with Gasteiger partial charge in [-0.15, -0.1) is 0 Å². The minimum Gasteiger partial charge on any atom is -0.480 e. The highest BCUT2D eigenvalue weighted by atomic mass is 35.5. The summed E-state index contributed by atoms with van der Waals surface area (Å²) in [6, 6.07) is 12.5. The molecule has 1 N–H and O–H groups in total. The van der Waals surface area contributed by atoms with E-state index in [1.807, 2.05) is 30.3 Å². The fraction of sp³-hybridized carbons (Fsp3) is 0.143. The molecule has 0 amide bonds. The van der Waals surface area contributed by atoms with E-state index in [1.165, 1.54) is 12.1 Å².